The molecule has 0 spiro atoms. The van der Waals surface area contributed by atoms with Crippen LogP contribution in [0.2, 0.25) is 0 Å². The van der Waals surface area contributed by atoms with Gasteiger partial charge in [0.1, 0.15) is 41.8 Å². The molecule has 1 N–H and O–H groups in total. The highest BCUT2D eigenvalue weighted by Gasteiger charge is 2.39. The molecular weight excluding hydrogens is 490 g/mol. The lowest BCUT2D eigenvalue weighted by Crippen LogP contribution is -2.43. The summed E-state index contributed by atoms with van der Waals surface area (Å²) >= 11 is 0. The zero-order chi connectivity index (χ0) is 26.9. The molecule has 0 saturated carbocycles. The second-order valence-corrected chi connectivity index (χ2v) is 10.3. The number of ether oxygens (including phenoxy) is 2. The predicted octanol–water partition coefficient (Wildman–Crippen LogP) is 5.42. The van der Waals surface area contributed by atoms with Crippen LogP contribution >= 0.6 is 0 Å². The van der Waals surface area contributed by atoms with Crippen LogP contribution in [0, 0.1) is 6.92 Å². The second-order valence-electron chi connectivity index (χ2n) is 10.3. The van der Waals surface area contributed by atoms with Crippen molar-refractivity contribution in [2.24, 2.45) is 7.05 Å². The van der Waals surface area contributed by atoms with Gasteiger partial charge in [0.2, 0.25) is 0 Å². The Morgan fingerprint density at radius 2 is 1.85 bits per heavy atom. The number of aromatic nitrogens is 5. The Morgan fingerprint density at radius 1 is 1.03 bits per heavy atom. The van der Waals surface area contributed by atoms with Crippen LogP contribution in [0.25, 0.3) is 17.0 Å². The molecule has 2 aromatic heterocycles. The molecule has 2 aliphatic heterocycles. The van der Waals surface area contributed by atoms with Gasteiger partial charge in [-0.05, 0) is 81.6 Å². The van der Waals surface area contributed by atoms with E-state index in [1.54, 1.807) is 23.2 Å². The number of rotatable bonds is 8. The zero-order valence-electron chi connectivity index (χ0n) is 22.5. The van der Waals surface area contributed by atoms with Crippen LogP contribution < -0.4 is 14.8 Å². The number of nitrogens with zero attached hydrogens (tertiary/aromatic N) is 6. The van der Waals surface area contributed by atoms with Crippen LogP contribution in [-0.4, -0.2) is 54.9 Å². The van der Waals surface area contributed by atoms with Crippen LogP contribution in [0.3, 0.4) is 0 Å². The van der Waals surface area contributed by atoms with Crippen molar-refractivity contribution < 1.29 is 9.47 Å². The van der Waals surface area contributed by atoms with Crippen molar-refractivity contribution in [3.63, 3.8) is 0 Å². The first-order chi connectivity index (χ1) is 19.0. The summed E-state index contributed by atoms with van der Waals surface area (Å²) in [6.07, 6.45) is 11.4. The lowest BCUT2D eigenvalue weighted by molar-refractivity contribution is 0.0671. The molecule has 9 heteroatoms. The average molecular weight is 524 g/mol. The fourth-order valence-corrected chi connectivity index (χ4v) is 5.71. The maximum atomic E-state index is 6.63. The van der Waals surface area contributed by atoms with Gasteiger partial charge in [-0.1, -0.05) is 12.6 Å². The minimum Gasteiger partial charge on any atom is -0.489 e. The van der Waals surface area contributed by atoms with Gasteiger partial charge in [-0.25, -0.2) is 19.6 Å². The van der Waals surface area contributed by atoms with Gasteiger partial charge in [-0.2, -0.15) is 5.10 Å². The minimum atomic E-state index is 0.199. The molecule has 4 heterocycles. The third-order valence-corrected chi connectivity index (χ3v) is 7.86. The number of benzene rings is 2. The molecule has 0 radical (unpaired) electrons. The van der Waals surface area contributed by atoms with Gasteiger partial charge in [-0.15, -0.1) is 0 Å². The molecule has 200 valence electrons. The van der Waals surface area contributed by atoms with Crippen molar-refractivity contribution >= 4 is 28.5 Å². The van der Waals surface area contributed by atoms with Crippen LogP contribution in [0.15, 0.2) is 67.5 Å². The van der Waals surface area contributed by atoms with E-state index in [1.165, 1.54) is 19.2 Å². The normalized spacial score (nSPS) is 21.2. The Bertz CT molecular complexity index is 1530. The minimum absolute atomic E-state index is 0.199. The summed E-state index contributed by atoms with van der Waals surface area (Å²) in [6.45, 7) is 5.88. The van der Waals surface area contributed by atoms with E-state index in [1.807, 2.05) is 50.4 Å². The Labute approximate surface area is 228 Å². The van der Waals surface area contributed by atoms with E-state index in [2.05, 4.69) is 43.9 Å². The summed E-state index contributed by atoms with van der Waals surface area (Å²) in [5.41, 5.74) is 2.70. The number of piperidine rings is 1. The van der Waals surface area contributed by atoms with Crippen LogP contribution in [-0.2, 0) is 7.05 Å². The molecule has 4 aromatic rings. The molecule has 39 heavy (non-hydrogen) atoms. The first kappa shape index (κ1) is 25.1. The monoisotopic (exact) mass is 523 g/mol. The van der Waals surface area contributed by atoms with E-state index in [0.29, 0.717) is 29.5 Å². The first-order valence-electron chi connectivity index (χ1n) is 13.3. The van der Waals surface area contributed by atoms with Crippen molar-refractivity contribution in [3.8, 4) is 11.5 Å². The Balaban J connectivity index is 1.23. The summed E-state index contributed by atoms with van der Waals surface area (Å²) in [6, 6.07) is 13.2. The summed E-state index contributed by atoms with van der Waals surface area (Å²) < 4.78 is 14.4. The predicted molar refractivity (Wildman–Crippen MR) is 152 cm³/mol. The number of fused-ring (bicyclic) bond motifs is 3. The largest absolute Gasteiger partial charge is 0.489 e. The maximum absolute atomic E-state index is 6.63. The van der Waals surface area contributed by atoms with Gasteiger partial charge in [-0.3, -0.25) is 0 Å². The van der Waals surface area contributed by atoms with Crippen molar-refractivity contribution in [1.82, 2.24) is 29.6 Å². The lowest BCUT2D eigenvalue weighted by Gasteiger charge is -2.36. The topological polar surface area (TPSA) is 90.2 Å². The molecule has 6 rings (SSSR count). The van der Waals surface area contributed by atoms with Gasteiger partial charge < -0.3 is 19.7 Å². The smallest absolute Gasteiger partial charge is 0.154 e. The summed E-state index contributed by atoms with van der Waals surface area (Å²) in [4.78, 5) is 15.9. The summed E-state index contributed by atoms with van der Waals surface area (Å²) in [5.74, 6) is 3.53. The Kier molecular flexibility index (Phi) is 6.74. The first-order valence-corrected chi connectivity index (χ1v) is 13.3. The number of nitrogens with one attached hydrogen (secondary N) is 1. The van der Waals surface area contributed by atoms with Gasteiger partial charge in [0, 0.05) is 30.9 Å². The van der Waals surface area contributed by atoms with Crippen molar-refractivity contribution in [1.29, 1.82) is 0 Å². The molecule has 0 aliphatic carbocycles. The van der Waals surface area contributed by atoms with E-state index in [-0.39, 0.29) is 6.10 Å². The van der Waals surface area contributed by atoms with Crippen LogP contribution in [0.1, 0.15) is 37.1 Å². The van der Waals surface area contributed by atoms with Crippen LogP contribution in [0.4, 0.5) is 11.5 Å². The Hall–Kier alpha value is -4.24. The van der Waals surface area contributed by atoms with E-state index in [0.717, 1.165) is 46.5 Å². The third-order valence-electron chi connectivity index (χ3n) is 7.86. The van der Waals surface area contributed by atoms with Gasteiger partial charge >= 0.3 is 0 Å². The molecule has 2 fully saturated rings. The SMILES string of the molecule is C=C/C(=C\c1ncnn1C)Oc1ccc(Nc2ncnc3cccc(OC4C[C@H]5CC[C@@H](C4)N5C)c23)cc1C. The molecule has 2 saturated heterocycles. The molecule has 3 atom stereocenters. The molecule has 9 nitrogen and oxygen atoms in total. The fourth-order valence-electron chi connectivity index (χ4n) is 5.71. The van der Waals surface area contributed by atoms with Gasteiger partial charge in [0.25, 0.3) is 0 Å². The standard InChI is InChI=1S/C30H33N7O2/c1-5-23(16-28-32-18-34-37(28)4)38-26-12-9-20(13-19(26)2)35-30-29-25(31-17-33-30)7-6-8-27(29)39-24-14-21-10-11-22(15-24)36(21)3/h5-9,12-13,16-18,21-22,24H,1,10-11,14-15H2,2-4H3,(H,31,33,35)/b23-16+/t21-,22+,24?. The summed E-state index contributed by atoms with van der Waals surface area (Å²) in [5, 5.41) is 8.48. The molecule has 2 bridgehead atoms. The zero-order valence-corrected chi connectivity index (χ0v) is 22.5. The average Bonchev–Trinajstić information content (AvgIpc) is 3.41. The van der Waals surface area contributed by atoms with E-state index < -0.39 is 0 Å². The van der Waals surface area contributed by atoms with Crippen molar-refractivity contribution in [2.75, 3.05) is 12.4 Å². The molecule has 1 unspecified atom stereocenters. The highest BCUT2D eigenvalue weighted by Crippen LogP contribution is 2.38. The number of hydrogen-bond acceptors (Lipinski definition) is 8. The van der Waals surface area contributed by atoms with E-state index >= 15 is 0 Å². The lowest BCUT2D eigenvalue weighted by atomic mass is 10.0. The van der Waals surface area contributed by atoms with E-state index in [9.17, 15) is 0 Å². The van der Waals surface area contributed by atoms with Gasteiger partial charge in [0.15, 0.2) is 5.82 Å². The highest BCUT2D eigenvalue weighted by molar-refractivity contribution is 5.95. The van der Waals surface area contributed by atoms with Crippen molar-refractivity contribution in [3.05, 3.63) is 78.9 Å². The molecular formula is C30H33N7O2. The molecule has 2 aromatic carbocycles. The number of hydrogen-bond donors (Lipinski definition) is 1. The van der Waals surface area contributed by atoms with E-state index in [4.69, 9.17) is 9.47 Å². The van der Waals surface area contributed by atoms with Gasteiger partial charge in [0.05, 0.1) is 10.9 Å². The molecule has 2 aliphatic rings. The molecule has 0 amide bonds. The number of anilines is 2. The van der Waals surface area contributed by atoms with Crippen molar-refractivity contribution in [2.45, 2.75) is 50.8 Å². The fraction of sp³-hybridized carbons (Fsp3) is 0.333. The Morgan fingerprint density at radius 3 is 2.56 bits per heavy atom. The number of allylic oxidation sites excluding steroid dienone is 1. The second kappa shape index (κ2) is 10.5. The van der Waals surface area contributed by atoms with Crippen LogP contribution in [0.5, 0.6) is 11.5 Å². The maximum Gasteiger partial charge on any atom is 0.154 e. The highest BCUT2D eigenvalue weighted by atomic mass is 16.5. The number of aryl methyl sites for hydroxylation is 2. The summed E-state index contributed by atoms with van der Waals surface area (Å²) in [7, 11) is 4.08. The third kappa shape index (κ3) is 5.09. The quantitative estimate of drug-likeness (QED) is 0.242.